The predicted octanol–water partition coefficient (Wildman–Crippen LogP) is 3.17. The van der Waals surface area contributed by atoms with Gasteiger partial charge in [-0.2, -0.15) is 5.10 Å². The first kappa shape index (κ1) is 26.6. The topological polar surface area (TPSA) is 121 Å². The predicted molar refractivity (Wildman–Crippen MR) is 134 cm³/mol. The van der Waals surface area contributed by atoms with Crippen molar-refractivity contribution in [1.82, 2.24) is 15.5 Å². The van der Waals surface area contributed by atoms with E-state index in [-0.39, 0.29) is 29.0 Å². The van der Waals surface area contributed by atoms with Crippen molar-refractivity contribution in [2.45, 2.75) is 78.5 Å². The van der Waals surface area contributed by atoms with Crippen molar-refractivity contribution in [3.8, 4) is 0 Å². The van der Waals surface area contributed by atoms with Crippen molar-refractivity contribution in [1.29, 1.82) is 0 Å². The monoisotopic (exact) mass is 494 g/mol. The van der Waals surface area contributed by atoms with Crippen molar-refractivity contribution in [3.63, 3.8) is 0 Å². The summed E-state index contributed by atoms with van der Waals surface area (Å²) in [5, 5.41) is 21.6. The maximum absolute atomic E-state index is 14.4. The number of hydrogen-bond donors (Lipinski definition) is 4. The van der Waals surface area contributed by atoms with Gasteiger partial charge in [0.1, 0.15) is 5.82 Å². The van der Waals surface area contributed by atoms with E-state index >= 15 is 0 Å². The number of aryl methyl sites for hydroxylation is 1. The Morgan fingerprint density at radius 3 is 2.68 bits per heavy atom. The number of aliphatic hydroxyl groups excluding tert-OH is 1. The van der Waals surface area contributed by atoms with Crippen LogP contribution in [0.2, 0.25) is 0 Å². The highest BCUT2D eigenvalue weighted by Gasteiger charge is 2.39. The highest BCUT2D eigenvalue weighted by molar-refractivity contribution is 7.91. The van der Waals surface area contributed by atoms with E-state index in [1.54, 1.807) is 0 Å². The number of aromatic nitrogens is 2. The van der Waals surface area contributed by atoms with Crippen molar-refractivity contribution < 1.29 is 17.9 Å². The number of aromatic amines is 1. The van der Waals surface area contributed by atoms with Crippen LogP contribution in [0, 0.1) is 17.2 Å². The average molecular weight is 495 g/mol. The molecule has 1 aliphatic heterocycles. The van der Waals surface area contributed by atoms with Crippen molar-refractivity contribution in [3.05, 3.63) is 46.5 Å². The van der Waals surface area contributed by atoms with E-state index in [4.69, 9.17) is 5.73 Å². The standard InChI is InChI=1S/C25H39FN4O3S/c1-5-6-7-17-8-16(10-21(26)23(17)27)9-18-14-34(32,33)15-22(24(18)31)28-13-20-11-19(29-30-20)12-25(2,3)4/h8,10-11,18,22,24,28,31H,5-7,9,12-15,27H2,1-4H3,(H,29,30)/t18-,22+,24+/m1/s1. The zero-order valence-corrected chi connectivity index (χ0v) is 21.5. The molecule has 2 heterocycles. The second-order valence-electron chi connectivity index (χ2n) is 10.9. The summed E-state index contributed by atoms with van der Waals surface area (Å²) in [6.07, 6.45) is 2.75. The van der Waals surface area contributed by atoms with Crippen molar-refractivity contribution in [2.24, 2.45) is 11.3 Å². The summed E-state index contributed by atoms with van der Waals surface area (Å²) in [6.45, 7) is 8.86. The molecule has 0 amide bonds. The third-order valence-electron chi connectivity index (χ3n) is 6.32. The van der Waals surface area contributed by atoms with Gasteiger partial charge in [-0.3, -0.25) is 5.10 Å². The Bertz CT molecular complexity index is 1080. The first-order valence-corrected chi connectivity index (χ1v) is 13.9. The van der Waals surface area contributed by atoms with Crippen LogP contribution in [0.4, 0.5) is 10.1 Å². The van der Waals surface area contributed by atoms with Crippen LogP contribution in [-0.2, 0) is 35.6 Å². The molecule has 190 valence electrons. The summed E-state index contributed by atoms with van der Waals surface area (Å²) in [5.74, 6) is -1.28. The minimum atomic E-state index is -3.37. The summed E-state index contributed by atoms with van der Waals surface area (Å²) in [4.78, 5) is 0. The van der Waals surface area contributed by atoms with E-state index in [1.807, 2.05) is 12.1 Å². The molecule has 0 saturated carbocycles. The zero-order chi connectivity index (χ0) is 25.1. The number of rotatable bonds is 9. The number of benzene rings is 1. The van der Waals surface area contributed by atoms with Gasteiger partial charge < -0.3 is 16.2 Å². The van der Waals surface area contributed by atoms with Crippen molar-refractivity contribution in [2.75, 3.05) is 17.2 Å². The fraction of sp³-hybridized carbons (Fsp3) is 0.640. The molecule has 0 spiro atoms. The third kappa shape index (κ3) is 7.26. The Morgan fingerprint density at radius 2 is 2.00 bits per heavy atom. The van der Waals surface area contributed by atoms with Gasteiger partial charge in [-0.25, -0.2) is 12.8 Å². The van der Waals surface area contributed by atoms with Gasteiger partial charge in [-0.1, -0.05) is 40.2 Å². The van der Waals surface area contributed by atoms with Crippen molar-refractivity contribution >= 4 is 15.5 Å². The van der Waals surface area contributed by atoms with Gasteiger partial charge >= 0.3 is 0 Å². The molecule has 1 aromatic carbocycles. The zero-order valence-electron chi connectivity index (χ0n) is 20.7. The molecule has 5 N–H and O–H groups in total. The molecule has 7 nitrogen and oxygen atoms in total. The van der Waals surface area contributed by atoms with E-state index in [0.29, 0.717) is 18.5 Å². The largest absolute Gasteiger partial charge is 0.396 e. The molecule has 2 aromatic rings. The smallest absolute Gasteiger partial charge is 0.152 e. The molecule has 0 aliphatic carbocycles. The van der Waals surface area contributed by atoms with Crippen LogP contribution in [0.15, 0.2) is 18.2 Å². The average Bonchev–Trinajstić information content (AvgIpc) is 3.16. The summed E-state index contributed by atoms with van der Waals surface area (Å²) in [6, 6.07) is 4.57. The molecule has 1 aliphatic rings. The van der Waals surface area contributed by atoms with Gasteiger partial charge in [0.15, 0.2) is 9.84 Å². The highest BCUT2D eigenvalue weighted by Crippen LogP contribution is 2.27. The molecule has 34 heavy (non-hydrogen) atoms. The molecule has 1 aromatic heterocycles. The number of aliphatic hydroxyl groups is 1. The molecule has 1 fully saturated rings. The van der Waals surface area contributed by atoms with Crippen LogP contribution < -0.4 is 11.1 Å². The van der Waals surface area contributed by atoms with E-state index in [0.717, 1.165) is 36.2 Å². The van der Waals surface area contributed by atoms with Gasteiger partial charge in [0.2, 0.25) is 0 Å². The number of nitrogens with zero attached hydrogens (tertiary/aromatic N) is 1. The molecule has 0 bridgehead atoms. The molecule has 3 atom stereocenters. The molecule has 0 unspecified atom stereocenters. The lowest BCUT2D eigenvalue weighted by molar-refractivity contribution is 0.0779. The van der Waals surface area contributed by atoms with Gasteiger partial charge in [0.05, 0.1) is 29.0 Å². The maximum Gasteiger partial charge on any atom is 0.152 e. The lowest BCUT2D eigenvalue weighted by atomic mass is 9.90. The maximum atomic E-state index is 14.4. The van der Waals surface area contributed by atoms with E-state index in [2.05, 4.69) is 43.2 Å². The molecule has 9 heteroatoms. The second kappa shape index (κ2) is 10.7. The quantitative estimate of drug-likeness (QED) is 0.397. The molecule has 3 rings (SSSR count). The Labute approximate surface area is 202 Å². The number of nitrogen functional groups attached to an aromatic ring is 1. The molecule has 0 radical (unpaired) electrons. The number of unbranched alkanes of at least 4 members (excludes halogenated alkanes) is 1. The van der Waals surface area contributed by atoms with Crippen LogP contribution in [0.3, 0.4) is 0 Å². The summed E-state index contributed by atoms with van der Waals surface area (Å²) < 4.78 is 39.7. The number of anilines is 1. The number of hydrogen-bond acceptors (Lipinski definition) is 6. The fourth-order valence-electron chi connectivity index (χ4n) is 4.66. The fourth-order valence-corrected chi connectivity index (χ4v) is 6.63. The number of halogens is 1. The number of H-pyrrole nitrogens is 1. The number of sulfone groups is 1. The SMILES string of the molecule is CCCCc1cc(C[C@@H]2CS(=O)(=O)C[C@H](NCc3cc(CC(C)(C)C)n[nH]3)[C@H]2O)cc(F)c1N. The Kier molecular flexibility index (Phi) is 8.42. The molecular formula is C25H39FN4O3S. The Balaban J connectivity index is 1.70. The van der Waals surface area contributed by atoms with Crippen LogP contribution in [0.25, 0.3) is 0 Å². The van der Waals surface area contributed by atoms with Gasteiger partial charge in [0, 0.05) is 24.2 Å². The number of nitrogens with two attached hydrogens (primary N) is 1. The molecule has 1 saturated heterocycles. The Hall–Kier alpha value is -1.97. The normalized spacial score (nSPS) is 22.7. The summed E-state index contributed by atoms with van der Waals surface area (Å²) in [7, 11) is -3.37. The van der Waals surface area contributed by atoms with Gasteiger partial charge in [-0.15, -0.1) is 0 Å². The minimum Gasteiger partial charge on any atom is -0.396 e. The van der Waals surface area contributed by atoms with Gasteiger partial charge in [0.25, 0.3) is 0 Å². The van der Waals surface area contributed by atoms with Crippen LogP contribution >= 0.6 is 0 Å². The first-order valence-electron chi connectivity index (χ1n) is 12.1. The van der Waals surface area contributed by atoms with Gasteiger partial charge in [-0.05, 0) is 54.4 Å². The minimum absolute atomic E-state index is 0.110. The summed E-state index contributed by atoms with van der Waals surface area (Å²) in [5.41, 5.74) is 9.36. The van der Waals surface area contributed by atoms with E-state index < -0.39 is 33.7 Å². The lowest BCUT2D eigenvalue weighted by Gasteiger charge is -2.35. The van der Waals surface area contributed by atoms with Crippen LogP contribution in [0.1, 0.15) is 63.1 Å². The summed E-state index contributed by atoms with van der Waals surface area (Å²) >= 11 is 0. The van der Waals surface area contributed by atoms with Crippen LogP contribution in [-0.4, -0.2) is 47.4 Å². The number of nitrogens with one attached hydrogen (secondary N) is 2. The van der Waals surface area contributed by atoms with E-state index in [9.17, 15) is 17.9 Å². The van der Waals surface area contributed by atoms with Crippen LogP contribution in [0.5, 0.6) is 0 Å². The Morgan fingerprint density at radius 1 is 1.26 bits per heavy atom. The van der Waals surface area contributed by atoms with E-state index in [1.165, 1.54) is 6.07 Å². The second-order valence-corrected chi connectivity index (χ2v) is 13.0. The first-order chi connectivity index (χ1) is 15.9. The third-order valence-corrected chi connectivity index (χ3v) is 8.12. The lowest BCUT2D eigenvalue weighted by Crippen LogP contribution is -2.54. The highest BCUT2D eigenvalue weighted by atomic mass is 32.2. The molecular weight excluding hydrogens is 455 g/mol.